The molecule has 1 N–H and O–H groups in total. The molecule has 5 nitrogen and oxygen atoms in total. The van der Waals surface area contributed by atoms with E-state index in [2.05, 4.69) is 10.2 Å². The fraction of sp³-hybridized carbons (Fsp3) is 0.727. The van der Waals surface area contributed by atoms with E-state index in [4.69, 9.17) is 11.6 Å². The molecule has 18 heavy (non-hydrogen) atoms. The van der Waals surface area contributed by atoms with Gasteiger partial charge in [-0.05, 0) is 26.2 Å². The van der Waals surface area contributed by atoms with E-state index in [1.807, 2.05) is 0 Å². The normalized spacial score (nSPS) is 17.1. The van der Waals surface area contributed by atoms with E-state index in [9.17, 15) is 8.42 Å². The van der Waals surface area contributed by atoms with Crippen molar-refractivity contribution in [2.45, 2.75) is 43.5 Å². The van der Waals surface area contributed by atoms with Crippen LogP contribution < -0.4 is 0 Å². The molecule has 2 rings (SSSR count). The van der Waals surface area contributed by atoms with Crippen LogP contribution in [0.25, 0.3) is 0 Å². The zero-order valence-electron chi connectivity index (χ0n) is 10.4. The van der Waals surface area contributed by atoms with Gasteiger partial charge in [-0.25, -0.2) is 8.42 Å². The topological polar surface area (TPSA) is 66.1 Å². The molecule has 0 aromatic carbocycles. The number of aryl methyl sites for hydroxylation is 1. The molecule has 1 fully saturated rings. The van der Waals surface area contributed by atoms with Crippen LogP contribution in [0.5, 0.6) is 0 Å². The maximum Gasteiger partial charge on any atom is 0.246 e. The minimum absolute atomic E-state index is 0.132. The Kier molecular flexibility index (Phi) is 4.29. The van der Waals surface area contributed by atoms with Crippen LogP contribution in [0, 0.1) is 6.92 Å². The summed E-state index contributed by atoms with van der Waals surface area (Å²) in [6, 6.07) is 0.132. The predicted octanol–water partition coefficient (Wildman–Crippen LogP) is 1.89. The first-order valence-corrected chi connectivity index (χ1v) is 8.12. The second-order valence-corrected chi connectivity index (χ2v) is 6.84. The third-order valence-corrected chi connectivity index (χ3v) is 5.70. The molecule has 1 aliphatic rings. The van der Waals surface area contributed by atoms with Crippen LogP contribution in [0.1, 0.15) is 31.4 Å². The lowest BCUT2D eigenvalue weighted by molar-refractivity contribution is 0.220. The molecule has 0 aliphatic heterocycles. The van der Waals surface area contributed by atoms with Crippen LogP contribution in [-0.4, -0.2) is 41.4 Å². The highest BCUT2D eigenvalue weighted by molar-refractivity contribution is 7.89. The first kappa shape index (κ1) is 13.8. The van der Waals surface area contributed by atoms with Gasteiger partial charge in [0.1, 0.15) is 4.90 Å². The number of H-pyrrole nitrogens is 1. The number of hydrogen-bond acceptors (Lipinski definition) is 3. The Morgan fingerprint density at radius 1 is 1.56 bits per heavy atom. The molecule has 7 heteroatoms. The van der Waals surface area contributed by atoms with Gasteiger partial charge in [0.15, 0.2) is 0 Å². The van der Waals surface area contributed by atoms with E-state index in [0.29, 0.717) is 24.5 Å². The molecule has 0 spiro atoms. The summed E-state index contributed by atoms with van der Waals surface area (Å²) in [5.41, 5.74) is 0.588. The van der Waals surface area contributed by atoms with Crippen molar-refractivity contribution in [2.24, 2.45) is 0 Å². The van der Waals surface area contributed by atoms with Gasteiger partial charge in [-0.15, -0.1) is 11.6 Å². The maximum atomic E-state index is 12.6. The molecular weight excluding hydrogens is 274 g/mol. The zero-order chi connectivity index (χ0) is 13.2. The fourth-order valence-corrected chi connectivity index (χ4v) is 4.08. The summed E-state index contributed by atoms with van der Waals surface area (Å²) in [5.74, 6) is 0.475. The van der Waals surface area contributed by atoms with Crippen molar-refractivity contribution in [3.05, 3.63) is 11.9 Å². The lowest BCUT2D eigenvalue weighted by Crippen LogP contribution is -2.44. The number of alkyl halides is 1. The van der Waals surface area contributed by atoms with Crippen molar-refractivity contribution >= 4 is 21.6 Å². The summed E-state index contributed by atoms with van der Waals surface area (Å²) >= 11 is 5.68. The smallest absolute Gasteiger partial charge is 0.246 e. The van der Waals surface area contributed by atoms with Crippen molar-refractivity contribution in [1.82, 2.24) is 14.5 Å². The molecule has 0 saturated heterocycles. The Balaban J connectivity index is 2.26. The number of rotatable bonds is 6. The highest BCUT2D eigenvalue weighted by Crippen LogP contribution is 2.30. The highest BCUT2D eigenvalue weighted by atomic mass is 35.5. The lowest BCUT2D eigenvalue weighted by Gasteiger charge is -2.36. The summed E-state index contributed by atoms with van der Waals surface area (Å²) in [6.45, 7) is 2.21. The molecule has 102 valence electrons. The number of hydrogen-bond donors (Lipinski definition) is 1. The third kappa shape index (κ3) is 2.55. The third-order valence-electron chi connectivity index (χ3n) is 3.36. The van der Waals surface area contributed by atoms with E-state index >= 15 is 0 Å². The van der Waals surface area contributed by atoms with E-state index in [0.717, 1.165) is 19.3 Å². The summed E-state index contributed by atoms with van der Waals surface area (Å²) in [6.07, 6.45) is 5.05. The fourth-order valence-electron chi connectivity index (χ4n) is 2.12. The van der Waals surface area contributed by atoms with Crippen LogP contribution in [0.15, 0.2) is 11.1 Å². The van der Waals surface area contributed by atoms with Crippen molar-refractivity contribution in [3.63, 3.8) is 0 Å². The molecule has 0 unspecified atom stereocenters. The molecule has 1 aromatic rings. The molecule has 0 bridgehead atoms. The SMILES string of the molecule is Cc1[nH]ncc1S(=O)(=O)N(CCCCl)C1CCC1. The molecule has 0 atom stereocenters. The first-order valence-electron chi connectivity index (χ1n) is 6.15. The molecule has 1 aromatic heterocycles. The number of halogens is 1. The van der Waals surface area contributed by atoms with E-state index in [1.165, 1.54) is 6.20 Å². The average molecular weight is 292 g/mol. The maximum absolute atomic E-state index is 12.6. The van der Waals surface area contributed by atoms with Gasteiger partial charge >= 0.3 is 0 Å². The molecular formula is C11H18ClN3O2S. The number of nitrogens with zero attached hydrogens (tertiary/aromatic N) is 2. The van der Waals surface area contributed by atoms with Gasteiger partial charge in [-0.2, -0.15) is 9.40 Å². The number of aromatic amines is 1. The summed E-state index contributed by atoms with van der Waals surface area (Å²) in [4.78, 5) is 0.281. The summed E-state index contributed by atoms with van der Waals surface area (Å²) in [5, 5.41) is 6.48. The number of aromatic nitrogens is 2. The van der Waals surface area contributed by atoms with Crippen LogP contribution in [0.2, 0.25) is 0 Å². The number of nitrogens with one attached hydrogen (secondary N) is 1. The second kappa shape index (κ2) is 5.59. The van der Waals surface area contributed by atoms with Gasteiger partial charge in [-0.1, -0.05) is 6.42 Å². The van der Waals surface area contributed by atoms with Crippen LogP contribution in [0.4, 0.5) is 0 Å². The summed E-state index contributed by atoms with van der Waals surface area (Å²) < 4.78 is 26.7. The largest absolute Gasteiger partial charge is 0.281 e. The Morgan fingerprint density at radius 3 is 2.72 bits per heavy atom. The highest BCUT2D eigenvalue weighted by Gasteiger charge is 2.35. The first-order chi connectivity index (χ1) is 8.57. The Morgan fingerprint density at radius 2 is 2.28 bits per heavy atom. The molecule has 1 aliphatic carbocycles. The molecule has 1 heterocycles. The lowest BCUT2D eigenvalue weighted by atomic mass is 9.93. The minimum Gasteiger partial charge on any atom is -0.281 e. The quantitative estimate of drug-likeness (QED) is 0.814. The van der Waals surface area contributed by atoms with Gasteiger partial charge in [0.2, 0.25) is 10.0 Å². The van der Waals surface area contributed by atoms with Gasteiger partial charge < -0.3 is 0 Å². The van der Waals surface area contributed by atoms with E-state index in [-0.39, 0.29) is 10.9 Å². The Labute approximate surface area is 113 Å². The van der Waals surface area contributed by atoms with Crippen LogP contribution >= 0.6 is 11.6 Å². The predicted molar refractivity (Wildman–Crippen MR) is 70.2 cm³/mol. The molecule has 1 saturated carbocycles. The minimum atomic E-state index is -3.44. The standard InChI is InChI=1S/C11H18ClN3O2S/c1-9-11(8-13-14-9)18(16,17)15(7-3-6-12)10-4-2-5-10/h8,10H,2-7H2,1H3,(H,13,14). The summed E-state index contributed by atoms with van der Waals surface area (Å²) in [7, 11) is -3.44. The van der Waals surface area contributed by atoms with Crippen molar-refractivity contribution < 1.29 is 8.42 Å². The van der Waals surface area contributed by atoms with E-state index < -0.39 is 10.0 Å². The second-order valence-electron chi connectivity index (χ2n) is 4.60. The monoisotopic (exact) mass is 291 g/mol. The van der Waals surface area contributed by atoms with Crippen molar-refractivity contribution in [1.29, 1.82) is 0 Å². The number of sulfonamides is 1. The van der Waals surface area contributed by atoms with Gasteiger partial charge in [0.25, 0.3) is 0 Å². The Hall–Kier alpha value is -0.590. The van der Waals surface area contributed by atoms with Gasteiger partial charge in [-0.3, -0.25) is 5.10 Å². The molecule has 0 radical (unpaired) electrons. The van der Waals surface area contributed by atoms with Crippen LogP contribution in [-0.2, 0) is 10.0 Å². The Bertz CT molecular complexity index is 496. The van der Waals surface area contributed by atoms with Gasteiger partial charge in [0, 0.05) is 18.5 Å². The van der Waals surface area contributed by atoms with E-state index in [1.54, 1.807) is 11.2 Å². The zero-order valence-corrected chi connectivity index (χ0v) is 12.0. The molecule has 0 amide bonds. The van der Waals surface area contributed by atoms with Crippen molar-refractivity contribution in [2.75, 3.05) is 12.4 Å². The van der Waals surface area contributed by atoms with Gasteiger partial charge in [0.05, 0.1) is 11.9 Å². The van der Waals surface area contributed by atoms with Crippen LogP contribution in [0.3, 0.4) is 0 Å². The average Bonchev–Trinajstić information content (AvgIpc) is 2.68. The van der Waals surface area contributed by atoms with Crippen molar-refractivity contribution in [3.8, 4) is 0 Å².